The van der Waals surface area contributed by atoms with Crippen molar-refractivity contribution in [1.29, 1.82) is 0 Å². The molecular weight excluding hydrogens is 216 g/mol. The molecule has 0 radical (unpaired) electrons. The SMILES string of the molecule is CC(CC(C)CC(C)C)=C(C)CC(C)CC(C)C. The second-order valence-electron chi connectivity index (χ2n) is 7.44. The maximum absolute atomic E-state index is 2.40. The monoisotopic (exact) mass is 252 g/mol. The maximum Gasteiger partial charge on any atom is -0.0295 e. The predicted molar refractivity (Wildman–Crippen MR) is 84.8 cm³/mol. The summed E-state index contributed by atoms with van der Waals surface area (Å²) in [5.41, 5.74) is 3.28. The van der Waals surface area contributed by atoms with Crippen LogP contribution < -0.4 is 0 Å². The minimum atomic E-state index is 0.827. The second kappa shape index (κ2) is 8.77. The Hall–Kier alpha value is -0.260. The van der Waals surface area contributed by atoms with Gasteiger partial charge in [-0.15, -0.1) is 0 Å². The molecule has 108 valence electrons. The molecule has 0 fully saturated rings. The molecule has 0 saturated heterocycles. The molecule has 0 heteroatoms. The van der Waals surface area contributed by atoms with Crippen LogP contribution in [0.4, 0.5) is 0 Å². The van der Waals surface area contributed by atoms with E-state index in [0.29, 0.717) is 0 Å². The van der Waals surface area contributed by atoms with E-state index in [2.05, 4.69) is 55.4 Å². The number of hydrogen-bond donors (Lipinski definition) is 0. The fraction of sp³-hybridized carbons (Fsp3) is 0.889. The molecule has 2 atom stereocenters. The minimum absolute atomic E-state index is 0.827. The third kappa shape index (κ3) is 8.78. The molecule has 0 aromatic rings. The lowest BCUT2D eigenvalue weighted by atomic mass is 9.87. The van der Waals surface area contributed by atoms with Crippen molar-refractivity contribution in [3.05, 3.63) is 11.1 Å². The van der Waals surface area contributed by atoms with Crippen molar-refractivity contribution in [3.8, 4) is 0 Å². The third-order valence-electron chi connectivity index (χ3n) is 3.79. The molecule has 0 nitrogen and oxygen atoms in total. The Morgan fingerprint density at radius 3 is 1.11 bits per heavy atom. The van der Waals surface area contributed by atoms with Gasteiger partial charge >= 0.3 is 0 Å². The van der Waals surface area contributed by atoms with Gasteiger partial charge in [0.25, 0.3) is 0 Å². The van der Waals surface area contributed by atoms with Crippen LogP contribution in [-0.2, 0) is 0 Å². The van der Waals surface area contributed by atoms with Gasteiger partial charge in [-0.25, -0.2) is 0 Å². The van der Waals surface area contributed by atoms with Crippen molar-refractivity contribution in [3.63, 3.8) is 0 Å². The summed E-state index contributed by atoms with van der Waals surface area (Å²) in [4.78, 5) is 0. The Labute approximate surface area is 116 Å². The van der Waals surface area contributed by atoms with Gasteiger partial charge in [-0.2, -0.15) is 0 Å². The van der Waals surface area contributed by atoms with Crippen molar-refractivity contribution in [2.45, 2.75) is 81.1 Å². The van der Waals surface area contributed by atoms with Gasteiger partial charge in [0.1, 0.15) is 0 Å². The minimum Gasteiger partial charge on any atom is -0.0741 e. The van der Waals surface area contributed by atoms with E-state index >= 15 is 0 Å². The highest BCUT2D eigenvalue weighted by atomic mass is 14.2. The summed E-state index contributed by atoms with van der Waals surface area (Å²) in [6.45, 7) is 18.8. The molecule has 0 aliphatic heterocycles. The number of rotatable bonds is 8. The zero-order valence-corrected chi connectivity index (χ0v) is 14.1. The first kappa shape index (κ1) is 17.7. The molecule has 0 N–H and O–H groups in total. The largest absolute Gasteiger partial charge is 0.0741 e. The first-order chi connectivity index (χ1) is 8.22. The lowest BCUT2D eigenvalue weighted by Gasteiger charge is -2.19. The van der Waals surface area contributed by atoms with E-state index in [1.165, 1.54) is 25.7 Å². The lowest BCUT2D eigenvalue weighted by molar-refractivity contribution is 0.424. The fourth-order valence-corrected chi connectivity index (χ4v) is 3.17. The van der Waals surface area contributed by atoms with Crippen molar-refractivity contribution in [1.82, 2.24) is 0 Å². The molecular formula is C18H36. The van der Waals surface area contributed by atoms with E-state index in [1.807, 2.05) is 0 Å². The van der Waals surface area contributed by atoms with Gasteiger partial charge in [-0.3, -0.25) is 0 Å². The molecule has 0 saturated carbocycles. The van der Waals surface area contributed by atoms with E-state index in [-0.39, 0.29) is 0 Å². The van der Waals surface area contributed by atoms with Crippen LogP contribution >= 0.6 is 0 Å². The van der Waals surface area contributed by atoms with Gasteiger partial charge in [0.2, 0.25) is 0 Å². The zero-order valence-electron chi connectivity index (χ0n) is 14.1. The lowest BCUT2D eigenvalue weighted by Crippen LogP contribution is -2.04. The van der Waals surface area contributed by atoms with Crippen molar-refractivity contribution >= 4 is 0 Å². The van der Waals surface area contributed by atoms with Crippen molar-refractivity contribution in [2.24, 2.45) is 23.7 Å². The van der Waals surface area contributed by atoms with Crippen LogP contribution in [0, 0.1) is 23.7 Å². The Bertz CT molecular complexity index is 219. The van der Waals surface area contributed by atoms with Crippen molar-refractivity contribution < 1.29 is 0 Å². The fourth-order valence-electron chi connectivity index (χ4n) is 3.17. The van der Waals surface area contributed by atoms with Crippen LogP contribution in [-0.4, -0.2) is 0 Å². The molecule has 18 heavy (non-hydrogen) atoms. The molecule has 0 aliphatic rings. The van der Waals surface area contributed by atoms with Crippen LogP contribution in [0.15, 0.2) is 11.1 Å². The molecule has 0 aliphatic carbocycles. The second-order valence-corrected chi connectivity index (χ2v) is 7.44. The summed E-state index contributed by atoms with van der Waals surface area (Å²) in [6, 6.07) is 0. The van der Waals surface area contributed by atoms with E-state index in [9.17, 15) is 0 Å². The van der Waals surface area contributed by atoms with Gasteiger partial charge < -0.3 is 0 Å². The number of hydrogen-bond acceptors (Lipinski definition) is 0. The highest BCUT2D eigenvalue weighted by Gasteiger charge is 2.10. The van der Waals surface area contributed by atoms with E-state index in [1.54, 1.807) is 11.1 Å². The van der Waals surface area contributed by atoms with Crippen LogP contribution in [0.5, 0.6) is 0 Å². The molecule has 0 aromatic heterocycles. The molecule has 0 heterocycles. The third-order valence-corrected chi connectivity index (χ3v) is 3.79. The summed E-state index contributed by atoms with van der Waals surface area (Å²) in [7, 11) is 0. The first-order valence-electron chi connectivity index (χ1n) is 7.87. The quantitative estimate of drug-likeness (QED) is 0.434. The zero-order chi connectivity index (χ0) is 14.3. The standard InChI is InChI=1S/C18H36/c1-13(2)9-15(5)11-17(7)18(8)12-16(6)10-14(3)4/h13-16H,9-12H2,1-8H3. The van der Waals surface area contributed by atoms with Gasteiger partial charge in [0.05, 0.1) is 0 Å². The molecule has 0 bridgehead atoms. The van der Waals surface area contributed by atoms with Gasteiger partial charge in [0, 0.05) is 0 Å². The maximum atomic E-state index is 2.40. The molecule has 0 rings (SSSR count). The normalized spacial score (nSPS) is 17.0. The average molecular weight is 252 g/mol. The van der Waals surface area contributed by atoms with Gasteiger partial charge in [0.15, 0.2) is 0 Å². The summed E-state index contributed by atoms with van der Waals surface area (Å²) in [6.07, 6.45) is 5.29. The summed E-state index contributed by atoms with van der Waals surface area (Å²) >= 11 is 0. The van der Waals surface area contributed by atoms with E-state index in [4.69, 9.17) is 0 Å². The Kier molecular flexibility index (Phi) is 8.65. The van der Waals surface area contributed by atoms with Gasteiger partial charge in [-0.1, -0.05) is 52.7 Å². The van der Waals surface area contributed by atoms with Crippen LogP contribution in [0.2, 0.25) is 0 Å². The smallest absolute Gasteiger partial charge is 0.0295 e. The Morgan fingerprint density at radius 2 is 0.889 bits per heavy atom. The van der Waals surface area contributed by atoms with E-state index in [0.717, 1.165) is 23.7 Å². The predicted octanol–water partition coefficient (Wildman–Crippen LogP) is 6.47. The summed E-state index contributed by atoms with van der Waals surface area (Å²) < 4.78 is 0. The van der Waals surface area contributed by atoms with Crippen molar-refractivity contribution in [2.75, 3.05) is 0 Å². The first-order valence-corrected chi connectivity index (χ1v) is 7.87. The highest BCUT2D eigenvalue weighted by molar-refractivity contribution is 5.10. The highest BCUT2D eigenvalue weighted by Crippen LogP contribution is 2.25. The van der Waals surface area contributed by atoms with Crippen LogP contribution in [0.3, 0.4) is 0 Å². The number of allylic oxidation sites excluding steroid dienone is 2. The molecule has 0 aromatic carbocycles. The average Bonchev–Trinajstić information content (AvgIpc) is 2.13. The van der Waals surface area contributed by atoms with Crippen LogP contribution in [0.1, 0.15) is 81.1 Å². The Morgan fingerprint density at radius 1 is 0.611 bits per heavy atom. The van der Waals surface area contributed by atoms with E-state index < -0.39 is 0 Å². The molecule has 0 amide bonds. The summed E-state index contributed by atoms with van der Waals surface area (Å²) in [5, 5.41) is 0. The molecule has 0 spiro atoms. The van der Waals surface area contributed by atoms with Gasteiger partial charge in [-0.05, 0) is 63.2 Å². The topological polar surface area (TPSA) is 0 Å². The molecule has 2 unspecified atom stereocenters. The summed E-state index contributed by atoms with van der Waals surface area (Å²) in [5.74, 6) is 3.32. The van der Waals surface area contributed by atoms with Crippen LogP contribution in [0.25, 0.3) is 0 Å². The Balaban J connectivity index is 4.25.